The Kier molecular flexibility index (Phi) is 4.24. The van der Waals surface area contributed by atoms with Crippen molar-refractivity contribution in [3.63, 3.8) is 0 Å². The van der Waals surface area contributed by atoms with Gasteiger partial charge in [0.1, 0.15) is 11.3 Å². The molecule has 4 heteroatoms. The Morgan fingerprint density at radius 1 is 1.04 bits per heavy atom. The summed E-state index contributed by atoms with van der Waals surface area (Å²) in [5.74, 6) is -0.0189. The molecule has 0 N–H and O–H groups in total. The van der Waals surface area contributed by atoms with Crippen LogP contribution in [-0.4, -0.2) is 12.6 Å². The van der Waals surface area contributed by atoms with Crippen LogP contribution in [0, 0.1) is 0 Å². The summed E-state index contributed by atoms with van der Waals surface area (Å²) >= 11 is 0. The van der Waals surface area contributed by atoms with Crippen LogP contribution in [0.2, 0.25) is 0 Å². The molecule has 0 atom stereocenters. The van der Waals surface area contributed by atoms with Crippen LogP contribution in [0.3, 0.4) is 0 Å². The lowest BCUT2D eigenvalue weighted by Crippen LogP contribution is -2.17. The molecular weight excluding hydrogens is 292 g/mol. The largest absolute Gasteiger partial charge is 0.466 e. The van der Waals surface area contributed by atoms with Crippen LogP contribution < -0.4 is 5.43 Å². The van der Waals surface area contributed by atoms with Gasteiger partial charge in [0.2, 0.25) is 0 Å². The van der Waals surface area contributed by atoms with Crippen LogP contribution in [0.5, 0.6) is 0 Å². The number of para-hydroxylation sites is 1. The predicted molar refractivity (Wildman–Crippen MR) is 88.3 cm³/mol. The molecule has 0 aliphatic heterocycles. The Labute approximate surface area is 133 Å². The van der Waals surface area contributed by atoms with Crippen molar-refractivity contribution in [1.29, 1.82) is 0 Å². The van der Waals surface area contributed by atoms with E-state index in [4.69, 9.17) is 9.15 Å². The first kappa shape index (κ1) is 15.0. The molecule has 0 aliphatic carbocycles. The van der Waals surface area contributed by atoms with Gasteiger partial charge in [0.25, 0.3) is 0 Å². The van der Waals surface area contributed by atoms with Gasteiger partial charge in [-0.2, -0.15) is 0 Å². The fraction of sp³-hybridized carbons (Fsp3) is 0.158. The third-order valence-corrected chi connectivity index (χ3v) is 3.55. The number of carbonyl (C=O) groups is 1. The van der Waals surface area contributed by atoms with Crippen molar-refractivity contribution in [2.45, 2.75) is 13.3 Å². The maximum Gasteiger partial charge on any atom is 0.310 e. The van der Waals surface area contributed by atoms with Crippen LogP contribution in [-0.2, 0) is 16.0 Å². The summed E-state index contributed by atoms with van der Waals surface area (Å²) in [7, 11) is 0. The van der Waals surface area contributed by atoms with Crippen molar-refractivity contribution < 1.29 is 13.9 Å². The zero-order valence-corrected chi connectivity index (χ0v) is 12.7. The molecule has 3 aromatic rings. The van der Waals surface area contributed by atoms with E-state index in [9.17, 15) is 9.59 Å². The topological polar surface area (TPSA) is 56.5 Å². The number of esters is 1. The lowest BCUT2D eigenvalue weighted by Gasteiger charge is -2.10. The molecule has 116 valence electrons. The van der Waals surface area contributed by atoms with E-state index in [1.165, 1.54) is 0 Å². The number of carbonyl (C=O) groups excluding carboxylic acids is 1. The average molecular weight is 308 g/mol. The van der Waals surface area contributed by atoms with Crippen LogP contribution >= 0.6 is 0 Å². The third-order valence-electron chi connectivity index (χ3n) is 3.55. The SMILES string of the molecule is CCOC(=O)Cc1c(-c2ccccc2)oc2ccccc2c1=O. The fourth-order valence-electron chi connectivity index (χ4n) is 2.52. The highest BCUT2D eigenvalue weighted by molar-refractivity contribution is 5.83. The number of hydrogen-bond acceptors (Lipinski definition) is 4. The first-order valence-corrected chi connectivity index (χ1v) is 7.46. The second kappa shape index (κ2) is 6.48. The Morgan fingerprint density at radius 2 is 1.74 bits per heavy atom. The van der Waals surface area contributed by atoms with E-state index in [-0.39, 0.29) is 18.5 Å². The Balaban J connectivity index is 2.23. The summed E-state index contributed by atoms with van der Waals surface area (Å²) in [6, 6.07) is 16.3. The number of ether oxygens (including phenoxy) is 1. The van der Waals surface area contributed by atoms with E-state index < -0.39 is 5.97 Å². The highest BCUT2D eigenvalue weighted by atomic mass is 16.5. The number of rotatable bonds is 4. The minimum atomic E-state index is -0.438. The molecule has 3 rings (SSSR count). The number of hydrogen-bond donors (Lipinski definition) is 0. The van der Waals surface area contributed by atoms with Crippen LogP contribution in [0.4, 0.5) is 0 Å². The van der Waals surface area contributed by atoms with Gasteiger partial charge in [0.15, 0.2) is 5.43 Å². The molecular formula is C19H16O4. The van der Waals surface area contributed by atoms with E-state index in [2.05, 4.69) is 0 Å². The van der Waals surface area contributed by atoms with Crippen LogP contribution in [0.15, 0.2) is 63.8 Å². The zero-order valence-electron chi connectivity index (χ0n) is 12.7. The van der Waals surface area contributed by atoms with Crippen molar-refractivity contribution in [2.24, 2.45) is 0 Å². The van der Waals surface area contributed by atoms with E-state index in [0.717, 1.165) is 5.56 Å². The van der Waals surface area contributed by atoms with Gasteiger partial charge < -0.3 is 9.15 Å². The van der Waals surface area contributed by atoms with Gasteiger partial charge in [-0.05, 0) is 19.1 Å². The second-order valence-electron chi connectivity index (χ2n) is 5.08. The molecule has 23 heavy (non-hydrogen) atoms. The standard InChI is InChI=1S/C19H16O4/c1-2-22-17(20)12-15-18(21)14-10-6-7-11-16(14)23-19(15)13-8-4-3-5-9-13/h3-11H,2,12H2,1H3. The smallest absolute Gasteiger partial charge is 0.310 e. The number of fused-ring (bicyclic) bond motifs is 1. The molecule has 0 fully saturated rings. The summed E-state index contributed by atoms with van der Waals surface area (Å²) in [6.07, 6.45) is -0.106. The lowest BCUT2D eigenvalue weighted by molar-refractivity contribution is -0.142. The molecule has 0 bridgehead atoms. The zero-order chi connectivity index (χ0) is 16.2. The number of benzene rings is 2. The first-order valence-electron chi connectivity index (χ1n) is 7.46. The monoisotopic (exact) mass is 308 g/mol. The van der Waals surface area contributed by atoms with Gasteiger partial charge in [-0.3, -0.25) is 9.59 Å². The Morgan fingerprint density at radius 3 is 2.48 bits per heavy atom. The van der Waals surface area contributed by atoms with Crippen LogP contribution in [0.25, 0.3) is 22.3 Å². The normalized spacial score (nSPS) is 10.7. The molecule has 2 aromatic carbocycles. The summed E-state index contributed by atoms with van der Waals surface area (Å²) in [5.41, 5.74) is 1.39. The summed E-state index contributed by atoms with van der Waals surface area (Å²) in [6.45, 7) is 2.01. The van der Waals surface area contributed by atoms with Gasteiger partial charge in [-0.15, -0.1) is 0 Å². The average Bonchev–Trinajstić information content (AvgIpc) is 2.58. The molecule has 0 radical (unpaired) electrons. The van der Waals surface area contributed by atoms with E-state index in [1.54, 1.807) is 25.1 Å². The summed E-state index contributed by atoms with van der Waals surface area (Å²) in [5, 5.41) is 0.464. The maximum atomic E-state index is 12.8. The highest BCUT2D eigenvalue weighted by Gasteiger charge is 2.19. The summed E-state index contributed by atoms with van der Waals surface area (Å²) in [4.78, 5) is 24.7. The highest BCUT2D eigenvalue weighted by Crippen LogP contribution is 2.26. The fourth-order valence-corrected chi connectivity index (χ4v) is 2.52. The molecule has 1 heterocycles. The van der Waals surface area contributed by atoms with Gasteiger partial charge in [0.05, 0.1) is 24.0 Å². The second-order valence-corrected chi connectivity index (χ2v) is 5.08. The van der Waals surface area contributed by atoms with Crippen molar-refractivity contribution in [3.8, 4) is 11.3 Å². The van der Waals surface area contributed by atoms with E-state index in [0.29, 0.717) is 22.3 Å². The van der Waals surface area contributed by atoms with E-state index in [1.807, 2.05) is 36.4 Å². The molecule has 0 spiro atoms. The van der Waals surface area contributed by atoms with Gasteiger partial charge in [0, 0.05) is 5.56 Å². The molecule has 0 unspecified atom stereocenters. The maximum absolute atomic E-state index is 12.8. The first-order chi connectivity index (χ1) is 11.2. The Hall–Kier alpha value is -2.88. The predicted octanol–water partition coefficient (Wildman–Crippen LogP) is 3.57. The third kappa shape index (κ3) is 3.01. The minimum Gasteiger partial charge on any atom is -0.466 e. The van der Waals surface area contributed by atoms with Crippen molar-refractivity contribution in [1.82, 2.24) is 0 Å². The molecule has 0 saturated heterocycles. The molecule has 0 aliphatic rings. The van der Waals surface area contributed by atoms with Gasteiger partial charge in [-0.1, -0.05) is 42.5 Å². The van der Waals surface area contributed by atoms with Crippen molar-refractivity contribution in [2.75, 3.05) is 6.61 Å². The summed E-state index contributed by atoms with van der Waals surface area (Å²) < 4.78 is 10.9. The van der Waals surface area contributed by atoms with Gasteiger partial charge >= 0.3 is 5.97 Å². The quantitative estimate of drug-likeness (QED) is 0.691. The minimum absolute atomic E-state index is 0.106. The molecule has 0 saturated carbocycles. The Bertz CT molecular complexity index is 894. The van der Waals surface area contributed by atoms with Crippen molar-refractivity contribution >= 4 is 16.9 Å². The molecule has 4 nitrogen and oxygen atoms in total. The van der Waals surface area contributed by atoms with Gasteiger partial charge in [-0.25, -0.2) is 0 Å². The molecule has 0 amide bonds. The lowest BCUT2D eigenvalue weighted by atomic mass is 10.0. The van der Waals surface area contributed by atoms with Crippen LogP contribution in [0.1, 0.15) is 12.5 Å². The molecule has 1 aromatic heterocycles. The van der Waals surface area contributed by atoms with E-state index >= 15 is 0 Å². The van der Waals surface area contributed by atoms with Crippen molar-refractivity contribution in [3.05, 3.63) is 70.4 Å².